The topological polar surface area (TPSA) is 131 Å². The number of pyridine rings is 2. The molecule has 1 fully saturated rings. The molecule has 258 valence electrons. The van der Waals surface area contributed by atoms with Crippen LogP contribution in [0.1, 0.15) is 84.1 Å². The van der Waals surface area contributed by atoms with Gasteiger partial charge in [0.05, 0.1) is 23.6 Å². The van der Waals surface area contributed by atoms with Crippen LogP contribution in [-0.4, -0.2) is 78.5 Å². The first-order valence-electron chi connectivity index (χ1n) is 15.8. The molecule has 1 saturated heterocycles. The van der Waals surface area contributed by atoms with Crippen molar-refractivity contribution in [3.63, 3.8) is 0 Å². The van der Waals surface area contributed by atoms with Gasteiger partial charge in [-0.1, -0.05) is 32.9 Å². The second kappa shape index (κ2) is 14.2. The van der Waals surface area contributed by atoms with Crippen molar-refractivity contribution in [2.75, 3.05) is 32.2 Å². The van der Waals surface area contributed by atoms with Gasteiger partial charge in [-0.3, -0.25) is 9.97 Å². The normalized spacial score (nSPS) is 18.7. The summed E-state index contributed by atoms with van der Waals surface area (Å²) in [6, 6.07) is 4.87. The molecule has 1 amide bonds. The lowest BCUT2D eigenvalue weighted by Crippen LogP contribution is -2.45. The molecule has 3 atom stereocenters. The van der Waals surface area contributed by atoms with Crippen molar-refractivity contribution in [1.82, 2.24) is 29.9 Å². The molecule has 0 saturated carbocycles. The molecular weight excluding hydrogens is 621 g/mol. The van der Waals surface area contributed by atoms with Gasteiger partial charge >= 0.3 is 6.09 Å². The van der Waals surface area contributed by atoms with Crippen LogP contribution in [0.4, 0.5) is 9.18 Å². The van der Waals surface area contributed by atoms with Crippen molar-refractivity contribution in [2.45, 2.75) is 84.3 Å². The molecule has 4 rings (SSSR count). The molecule has 1 aliphatic heterocycles. The van der Waals surface area contributed by atoms with Gasteiger partial charge in [0.2, 0.25) is 0 Å². The summed E-state index contributed by atoms with van der Waals surface area (Å²) < 4.78 is 34.3. The molecule has 3 unspecified atom stereocenters. The van der Waals surface area contributed by atoms with Crippen LogP contribution in [0.2, 0.25) is 0 Å². The fraction of sp³-hybridized carbons (Fsp3) is 0.559. The number of carbonyl (C=O) groups is 1. The molecule has 47 heavy (non-hydrogen) atoms. The molecule has 0 radical (unpaired) electrons. The van der Waals surface area contributed by atoms with E-state index in [-0.39, 0.29) is 29.4 Å². The van der Waals surface area contributed by atoms with E-state index in [0.717, 1.165) is 12.1 Å². The van der Waals surface area contributed by atoms with Gasteiger partial charge in [-0.25, -0.2) is 13.9 Å². The SMILES string of the molecule is Cc1c(-c2cnc(/C=C\N)c(OC(COS(C)(C)C(C)(C)C)c3ccc(F)cn3)c2)nnn1C1CCN(C(=O)OC(C)(C)C)CC1C. The maximum Gasteiger partial charge on any atom is 0.410 e. The molecule has 0 bridgehead atoms. The van der Waals surface area contributed by atoms with Gasteiger partial charge in [0.25, 0.3) is 0 Å². The molecule has 11 nitrogen and oxygen atoms in total. The lowest BCUT2D eigenvalue weighted by Gasteiger charge is -2.44. The average molecular weight is 672 g/mol. The highest BCUT2D eigenvalue weighted by molar-refractivity contribution is 8.29. The maximum atomic E-state index is 13.8. The van der Waals surface area contributed by atoms with E-state index in [1.54, 1.807) is 23.2 Å². The van der Waals surface area contributed by atoms with Crippen molar-refractivity contribution >= 4 is 22.5 Å². The number of aromatic nitrogens is 5. The highest BCUT2D eigenvalue weighted by atomic mass is 32.3. The zero-order chi connectivity index (χ0) is 34.7. The number of amides is 1. The number of nitrogens with zero attached hydrogens (tertiary/aromatic N) is 6. The van der Waals surface area contributed by atoms with Crippen LogP contribution in [0.25, 0.3) is 17.3 Å². The van der Waals surface area contributed by atoms with E-state index >= 15 is 0 Å². The van der Waals surface area contributed by atoms with Crippen molar-refractivity contribution in [1.29, 1.82) is 0 Å². The Kier molecular flexibility index (Phi) is 10.9. The van der Waals surface area contributed by atoms with Gasteiger partial charge in [0.1, 0.15) is 35.2 Å². The Morgan fingerprint density at radius 1 is 1.17 bits per heavy atom. The molecule has 4 heterocycles. The number of hydrogen-bond donors (Lipinski definition) is 1. The van der Waals surface area contributed by atoms with Gasteiger partial charge in [-0.2, -0.15) is 0 Å². The summed E-state index contributed by atoms with van der Waals surface area (Å²) in [5.41, 5.74) is 8.51. The highest BCUT2D eigenvalue weighted by Gasteiger charge is 2.34. The van der Waals surface area contributed by atoms with Crippen molar-refractivity contribution in [3.05, 3.63) is 59.7 Å². The van der Waals surface area contributed by atoms with Gasteiger partial charge in [0.15, 0.2) is 6.10 Å². The van der Waals surface area contributed by atoms with E-state index in [9.17, 15) is 9.18 Å². The summed E-state index contributed by atoms with van der Waals surface area (Å²) in [5.74, 6) is 0.135. The summed E-state index contributed by atoms with van der Waals surface area (Å²) >= 11 is 0. The fourth-order valence-electron chi connectivity index (χ4n) is 5.13. The van der Waals surface area contributed by atoms with Gasteiger partial charge in [-0.15, -0.1) is 15.4 Å². The van der Waals surface area contributed by atoms with E-state index < -0.39 is 27.8 Å². The zero-order valence-electron chi connectivity index (χ0n) is 29.3. The lowest BCUT2D eigenvalue weighted by atomic mass is 9.94. The summed E-state index contributed by atoms with van der Waals surface area (Å²) in [6.07, 6.45) is 9.93. The number of hydrogen-bond acceptors (Lipinski definition) is 9. The van der Waals surface area contributed by atoms with Crippen LogP contribution < -0.4 is 10.5 Å². The summed E-state index contributed by atoms with van der Waals surface area (Å²) in [6.45, 7) is 17.4. The van der Waals surface area contributed by atoms with E-state index in [0.29, 0.717) is 41.5 Å². The van der Waals surface area contributed by atoms with Crippen LogP contribution in [0.5, 0.6) is 5.75 Å². The van der Waals surface area contributed by atoms with Gasteiger partial charge < -0.3 is 24.3 Å². The van der Waals surface area contributed by atoms with Crippen molar-refractivity contribution in [3.8, 4) is 17.0 Å². The molecule has 13 heteroatoms. The standard InChI is InChI=1S/C34H50FN7O4S/c1-22-20-41(32(43)46-33(3,4)5)16-14-28(22)42-23(2)31(39-40-42)24-17-29(27(13-15-36)37-18-24)45-30(26-12-11-25(35)19-38-26)21-44-47(9,10)34(6,7)8/h11-13,15,17-19,22,28,30H,14,16,20-21,36H2,1-10H3/b15-13-. The zero-order valence-corrected chi connectivity index (χ0v) is 30.1. The number of ether oxygens (including phenoxy) is 2. The third kappa shape index (κ3) is 8.81. The predicted molar refractivity (Wildman–Crippen MR) is 185 cm³/mol. The quantitative estimate of drug-likeness (QED) is 0.260. The Bertz CT molecular complexity index is 1560. The molecule has 2 N–H and O–H groups in total. The highest BCUT2D eigenvalue weighted by Crippen LogP contribution is 2.54. The largest absolute Gasteiger partial charge is 0.479 e. The summed E-state index contributed by atoms with van der Waals surface area (Å²) in [4.78, 5) is 23.4. The number of rotatable bonds is 9. The van der Waals surface area contributed by atoms with Crippen LogP contribution in [0.15, 0.2) is 36.8 Å². The average Bonchev–Trinajstić information content (AvgIpc) is 3.35. The number of halogens is 1. The smallest absolute Gasteiger partial charge is 0.410 e. The molecular formula is C34H50FN7O4S. The van der Waals surface area contributed by atoms with Crippen molar-refractivity contribution in [2.24, 2.45) is 11.7 Å². The van der Waals surface area contributed by atoms with E-state index in [4.69, 9.17) is 19.4 Å². The van der Waals surface area contributed by atoms with Crippen LogP contribution >= 0.6 is 10.3 Å². The Hall–Kier alpha value is -3.71. The minimum Gasteiger partial charge on any atom is -0.479 e. The first-order chi connectivity index (χ1) is 21.9. The Morgan fingerprint density at radius 3 is 2.49 bits per heavy atom. The van der Waals surface area contributed by atoms with Crippen LogP contribution in [-0.2, 0) is 8.92 Å². The monoisotopic (exact) mass is 671 g/mol. The Morgan fingerprint density at radius 2 is 1.89 bits per heavy atom. The minimum absolute atomic E-state index is 0.0535. The van der Waals surface area contributed by atoms with Gasteiger partial charge in [-0.05, 0) is 83.0 Å². The molecule has 0 aromatic carbocycles. The number of piperidine rings is 1. The molecule has 0 spiro atoms. The number of carbonyl (C=O) groups excluding carboxylic acids is 1. The molecule has 0 aliphatic carbocycles. The van der Waals surface area contributed by atoms with Crippen LogP contribution in [0, 0.1) is 18.7 Å². The first kappa shape index (κ1) is 36.1. The second-order valence-electron chi connectivity index (χ2n) is 14.3. The first-order valence-corrected chi connectivity index (χ1v) is 18.2. The van der Waals surface area contributed by atoms with E-state index in [2.05, 4.69) is 60.5 Å². The third-order valence-corrected chi connectivity index (χ3v) is 12.2. The van der Waals surface area contributed by atoms with E-state index in [1.807, 2.05) is 38.4 Å². The van der Waals surface area contributed by atoms with Crippen molar-refractivity contribution < 1.29 is 22.8 Å². The van der Waals surface area contributed by atoms with Crippen LogP contribution in [0.3, 0.4) is 0 Å². The van der Waals surface area contributed by atoms with E-state index in [1.165, 1.54) is 18.5 Å². The second-order valence-corrected chi connectivity index (χ2v) is 18.3. The summed E-state index contributed by atoms with van der Waals surface area (Å²) in [5, 5.41) is 9.10. The fourth-order valence-corrected chi connectivity index (χ4v) is 5.94. The Balaban J connectivity index is 1.62. The summed E-state index contributed by atoms with van der Waals surface area (Å²) in [7, 11) is -1.49. The minimum atomic E-state index is -1.49. The van der Waals surface area contributed by atoms with Gasteiger partial charge in [0, 0.05) is 29.6 Å². The number of likely N-dealkylation sites (tertiary alicyclic amines) is 1. The molecule has 3 aromatic rings. The third-order valence-electron chi connectivity index (χ3n) is 8.50. The predicted octanol–water partition coefficient (Wildman–Crippen LogP) is 6.84. The molecule has 3 aromatic heterocycles. The molecule has 1 aliphatic rings. The number of nitrogens with two attached hydrogens (primary N) is 1. The lowest BCUT2D eigenvalue weighted by molar-refractivity contribution is 0.0116. The Labute approximate surface area is 279 Å². The maximum absolute atomic E-state index is 13.8.